The van der Waals surface area contributed by atoms with Gasteiger partial charge >= 0.3 is 0 Å². The lowest BCUT2D eigenvalue weighted by Crippen LogP contribution is -2.46. The molecule has 1 aliphatic heterocycles. The number of carbonyl (C=O) groups excluding carboxylic acids is 1. The summed E-state index contributed by atoms with van der Waals surface area (Å²) in [4.78, 5) is 14.4. The number of likely N-dealkylation sites (tertiary alicyclic amines) is 1. The van der Waals surface area contributed by atoms with Gasteiger partial charge in [-0.15, -0.1) is 0 Å². The van der Waals surface area contributed by atoms with E-state index in [1.165, 1.54) is 6.07 Å². The van der Waals surface area contributed by atoms with Crippen molar-refractivity contribution < 1.29 is 18.3 Å². The van der Waals surface area contributed by atoms with E-state index < -0.39 is 10.0 Å². The predicted molar refractivity (Wildman–Crippen MR) is 124 cm³/mol. The minimum atomic E-state index is -3.48. The third-order valence-corrected chi connectivity index (χ3v) is 7.00. The van der Waals surface area contributed by atoms with Gasteiger partial charge in [0.05, 0.1) is 5.02 Å². The lowest BCUT2D eigenvalue weighted by molar-refractivity contribution is -0.132. The van der Waals surface area contributed by atoms with E-state index in [2.05, 4.69) is 11.3 Å². The predicted octanol–water partition coefficient (Wildman–Crippen LogP) is 4.35. The van der Waals surface area contributed by atoms with Gasteiger partial charge in [-0.2, -0.15) is 0 Å². The Morgan fingerprint density at radius 2 is 1.84 bits per heavy atom. The molecule has 0 atom stereocenters. The minimum Gasteiger partial charge on any atom is -0.508 e. The Hall–Kier alpha value is -2.06. The molecule has 2 aromatic rings. The van der Waals surface area contributed by atoms with Crippen molar-refractivity contribution in [2.45, 2.75) is 31.7 Å². The maximum absolute atomic E-state index is 12.6. The molecule has 1 saturated heterocycles. The zero-order valence-corrected chi connectivity index (χ0v) is 19.2. The number of amides is 1. The van der Waals surface area contributed by atoms with Gasteiger partial charge in [0.2, 0.25) is 15.9 Å². The molecule has 0 saturated carbocycles. The van der Waals surface area contributed by atoms with Crippen molar-refractivity contribution in [1.29, 1.82) is 0 Å². The number of aryl methyl sites for hydroxylation is 1. The van der Waals surface area contributed by atoms with E-state index in [0.29, 0.717) is 48.0 Å². The molecule has 6 nitrogen and oxygen atoms in total. The molecule has 1 heterocycles. The number of hydrogen-bond acceptors (Lipinski definition) is 4. The molecule has 31 heavy (non-hydrogen) atoms. The summed E-state index contributed by atoms with van der Waals surface area (Å²) < 4.78 is 25.8. The summed E-state index contributed by atoms with van der Waals surface area (Å²) in [7, 11) is -3.48. The zero-order valence-electron chi connectivity index (χ0n) is 16.9. The fraction of sp³-hybridized carbons (Fsp3) is 0.318. The molecule has 1 fully saturated rings. The van der Waals surface area contributed by atoms with Crippen LogP contribution in [0.25, 0.3) is 11.1 Å². The number of sulfonamides is 1. The van der Waals surface area contributed by atoms with Crippen LogP contribution in [0.4, 0.5) is 0 Å². The third-order valence-electron chi connectivity index (χ3n) is 5.33. The molecule has 2 N–H and O–H groups in total. The first kappa shape index (κ1) is 23.6. The number of nitrogens with one attached hydrogen (secondary N) is 1. The van der Waals surface area contributed by atoms with E-state index in [1.807, 2.05) is 12.1 Å². The Bertz CT molecular complexity index is 1060. The van der Waals surface area contributed by atoms with E-state index in [-0.39, 0.29) is 24.1 Å². The molecule has 9 heteroatoms. The lowest BCUT2D eigenvalue weighted by Gasteiger charge is -2.32. The molecule has 0 spiro atoms. The summed E-state index contributed by atoms with van der Waals surface area (Å²) in [6, 6.07) is 10.3. The number of hydrogen-bond donors (Lipinski definition) is 2. The van der Waals surface area contributed by atoms with E-state index in [1.54, 1.807) is 23.1 Å². The van der Waals surface area contributed by atoms with Crippen LogP contribution >= 0.6 is 23.2 Å². The van der Waals surface area contributed by atoms with Gasteiger partial charge in [-0.3, -0.25) is 4.79 Å². The van der Waals surface area contributed by atoms with Crippen molar-refractivity contribution in [2.75, 3.05) is 13.1 Å². The second-order valence-electron chi connectivity index (χ2n) is 7.45. The van der Waals surface area contributed by atoms with Crippen LogP contribution in [0.5, 0.6) is 5.75 Å². The molecule has 2 aromatic carbocycles. The Morgan fingerprint density at radius 3 is 2.45 bits per heavy atom. The van der Waals surface area contributed by atoms with Crippen molar-refractivity contribution in [3.8, 4) is 16.9 Å². The Balaban J connectivity index is 1.61. The average Bonchev–Trinajstić information content (AvgIpc) is 2.74. The van der Waals surface area contributed by atoms with Crippen molar-refractivity contribution in [3.63, 3.8) is 0 Å². The number of phenols is 1. The summed E-state index contributed by atoms with van der Waals surface area (Å²) in [5.74, 6) is 0.0143. The van der Waals surface area contributed by atoms with Crippen LogP contribution in [0.3, 0.4) is 0 Å². The van der Waals surface area contributed by atoms with E-state index in [9.17, 15) is 18.3 Å². The molecule has 0 unspecified atom stereocenters. The highest BCUT2D eigenvalue weighted by atomic mass is 35.5. The highest BCUT2D eigenvalue weighted by molar-refractivity contribution is 7.92. The van der Waals surface area contributed by atoms with Crippen LogP contribution in [-0.4, -0.2) is 43.5 Å². The van der Waals surface area contributed by atoms with Crippen molar-refractivity contribution in [2.24, 2.45) is 0 Å². The van der Waals surface area contributed by atoms with Gasteiger partial charge < -0.3 is 10.0 Å². The van der Waals surface area contributed by atoms with Crippen molar-refractivity contribution in [1.82, 2.24) is 9.62 Å². The first-order chi connectivity index (χ1) is 14.7. The highest BCUT2D eigenvalue weighted by Gasteiger charge is 2.25. The Morgan fingerprint density at radius 1 is 1.19 bits per heavy atom. The summed E-state index contributed by atoms with van der Waals surface area (Å²) in [6.45, 7) is 4.24. The Labute approximate surface area is 192 Å². The van der Waals surface area contributed by atoms with Crippen molar-refractivity contribution >= 4 is 39.1 Å². The van der Waals surface area contributed by atoms with Gasteiger partial charge in [0.25, 0.3) is 0 Å². The molecule has 0 aromatic heterocycles. The van der Waals surface area contributed by atoms with Crippen LogP contribution in [0.2, 0.25) is 10.0 Å². The number of nitrogens with zero attached hydrogens (tertiary/aromatic N) is 1. The quantitative estimate of drug-likeness (QED) is 0.613. The number of rotatable bonds is 7. The van der Waals surface area contributed by atoms with Gasteiger partial charge in [0.1, 0.15) is 5.75 Å². The van der Waals surface area contributed by atoms with E-state index >= 15 is 0 Å². The first-order valence-corrected chi connectivity index (χ1v) is 12.2. The number of benzene rings is 2. The number of carbonyl (C=O) groups is 1. The monoisotopic (exact) mass is 482 g/mol. The van der Waals surface area contributed by atoms with Crippen LogP contribution in [0.15, 0.2) is 48.4 Å². The standard InChI is InChI=1S/C22H24Cl2N2O4S/c1-2-31(29,30)25-18-9-11-26(12-10-18)22(28)8-5-16-13-19(20(24)14-21(16)27)15-3-6-17(23)7-4-15/h2-4,6-7,13-14,18,25,27H,1,5,8-12H2. The van der Waals surface area contributed by atoms with Crippen LogP contribution in [-0.2, 0) is 21.2 Å². The Kier molecular flexibility index (Phi) is 7.64. The lowest BCUT2D eigenvalue weighted by atomic mass is 9.99. The molecular formula is C22H24Cl2N2O4S. The first-order valence-electron chi connectivity index (χ1n) is 9.88. The topological polar surface area (TPSA) is 86.7 Å². The summed E-state index contributed by atoms with van der Waals surface area (Å²) in [5.41, 5.74) is 2.26. The van der Waals surface area contributed by atoms with Gasteiger partial charge in [0.15, 0.2) is 0 Å². The summed E-state index contributed by atoms with van der Waals surface area (Å²) in [5, 5.41) is 12.2. The average molecular weight is 483 g/mol. The molecule has 0 aliphatic carbocycles. The second-order valence-corrected chi connectivity index (χ2v) is 9.95. The van der Waals surface area contributed by atoms with E-state index in [4.69, 9.17) is 23.2 Å². The van der Waals surface area contributed by atoms with Gasteiger partial charge in [-0.25, -0.2) is 13.1 Å². The third kappa shape index (κ3) is 6.23. The normalized spacial score (nSPS) is 15.1. The van der Waals surface area contributed by atoms with E-state index in [0.717, 1.165) is 16.5 Å². The number of halogens is 2. The van der Waals surface area contributed by atoms with Gasteiger partial charge in [-0.1, -0.05) is 41.9 Å². The van der Waals surface area contributed by atoms with Crippen LogP contribution in [0.1, 0.15) is 24.8 Å². The minimum absolute atomic E-state index is 0.0348. The molecule has 1 aliphatic rings. The smallest absolute Gasteiger partial charge is 0.233 e. The number of aromatic hydroxyl groups is 1. The number of piperidine rings is 1. The molecule has 0 radical (unpaired) electrons. The van der Waals surface area contributed by atoms with Gasteiger partial charge in [0, 0.05) is 41.5 Å². The highest BCUT2D eigenvalue weighted by Crippen LogP contribution is 2.34. The molecule has 0 bridgehead atoms. The van der Waals surface area contributed by atoms with Crippen molar-refractivity contribution in [3.05, 3.63) is 64.0 Å². The zero-order chi connectivity index (χ0) is 22.6. The maximum Gasteiger partial charge on any atom is 0.233 e. The largest absolute Gasteiger partial charge is 0.508 e. The second kappa shape index (κ2) is 10.0. The van der Waals surface area contributed by atoms with Crippen LogP contribution < -0.4 is 4.72 Å². The van der Waals surface area contributed by atoms with Gasteiger partial charge in [-0.05, 0) is 54.7 Å². The number of phenolic OH excluding ortho intramolecular Hbond substituents is 1. The molecule has 1 amide bonds. The SMILES string of the molecule is C=CS(=O)(=O)NC1CCN(C(=O)CCc2cc(-c3ccc(Cl)cc3)c(Cl)cc2O)CC1. The summed E-state index contributed by atoms with van der Waals surface area (Å²) in [6.07, 6.45) is 1.70. The molecule has 166 valence electrons. The maximum atomic E-state index is 12.6. The molecular weight excluding hydrogens is 459 g/mol. The molecule has 3 rings (SSSR count). The fourth-order valence-electron chi connectivity index (χ4n) is 3.59. The van der Waals surface area contributed by atoms with Crippen LogP contribution in [0, 0.1) is 0 Å². The fourth-order valence-corrected chi connectivity index (χ4v) is 4.77. The summed E-state index contributed by atoms with van der Waals surface area (Å²) >= 11 is 12.3.